The number of amides is 1. The number of aryl methyl sites for hydroxylation is 1. The third-order valence-corrected chi connectivity index (χ3v) is 3.66. The number of nitrogens with one attached hydrogen (secondary N) is 1. The number of para-hydroxylation sites is 2. The number of carbonyl (C=O) groups excluding carboxylic acids is 1. The molecule has 0 radical (unpaired) electrons. The summed E-state index contributed by atoms with van der Waals surface area (Å²) in [7, 11) is 1.60. The van der Waals surface area contributed by atoms with Crippen molar-refractivity contribution in [1.29, 1.82) is 0 Å². The van der Waals surface area contributed by atoms with Crippen LogP contribution in [0.4, 0.5) is 0 Å². The predicted octanol–water partition coefficient (Wildman–Crippen LogP) is 3.36. The summed E-state index contributed by atoms with van der Waals surface area (Å²) < 4.78 is 16.7. The quantitative estimate of drug-likeness (QED) is 0.710. The van der Waals surface area contributed by atoms with E-state index in [2.05, 4.69) is 5.32 Å². The van der Waals surface area contributed by atoms with Crippen molar-refractivity contribution in [3.8, 4) is 17.2 Å². The molecule has 5 nitrogen and oxygen atoms in total. The van der Waals surface area contributed by atoms with E-state index in [-0.39, 0.29) is 5.91 Å². The van der Waals surface area contributed by atoms with Gasteiger partial charge in [-0.25, -0.2) is 0 Å². The Labute approximate surface area is 148 Å². The highest BCUT2D eigenvalue weighted by molar-refractivity contribution is 5.81. The van der Waals surface area contributed by atoms with Crippen molar-refractivity contribution in [2.24, 2.45) is 0 Å². The van der Waals surface area contributed by atoms with Crippen molar-refractivity contribution in [1.82, 2.24) is 5.32 Å². The minimum absolute atomic E-state index is 0.146. The van der Waals surface area contributed by atoms with E-state index < -0.39 is 6.10 Å². The van der Waals surface area contributed by atoms with Crippen LogP contribution >= 0.6 is 0 Å². The zero-order valence-corrected chi connectivity index (χ0v) is 15.0. The topological polar surface area (TPSA) is 56.8 Å². The average Bonchev–Trinajstić information content (AvgIpc) is 2.63. The smallest absolute Gasteiger partial charge is 0.261 e. The molecule has 1 amide bonds. The normalized spacial score (nSPS) is 11.5. The second-order valence-electron chi connectivity index (χ2n) is 5.62. The molecular formula is C20H25NO4. The Kier molecular flexibility index (Phi) is 7.14. The van der Waals surface area contributed by atoms with Crippen molar-refractivity contribution in [2.75, 3.05) is 20.3 Å². The summed E-state index contributed by atoms with van der Waals surface area (Å²) in [5.74, 6) is 1.88. The molecule has 2 aromatic rings. The summed E-state index contributed by atoms with van der Waals surface area (Å²) in [5.41, 5.74) is 1.10. The van der Waals surface area contributed by atoms with Gasteiger partial charge in [-0.15, -0.1) is 0 Å². The van der Waals surface area contributed by atoms with Gasteiger partial charge in [0.05, 0.1) is 13.7 Å². The zero-order chi connectivity index (χ0) is 18.1. The second kappa shape index (κ2) is 9.57. The van der Waals surface area contributed by atoms with Crippen molar-refractivity contribution in [3.63, 3.8) is 0 Å². The summed E-state index contributed by atoms with van der Waals surface area (Å²) in [6, 6.07) is 15.1. The third-order valence-electron chi connectivity index (χ3n) is 3.66. The Bertz CT molecular complexity index is 687. The van der Waals surface area contributed by atoms with E-state index in [0.717, 1.165) is 5.56 Å². The Balaban J connectivity index is 1.80. The van der Waals surface area contributed by atoms with Crippen LogP contribution in [0.3, 0.4) is 0 Å². The molecule has 134 valence electrons. The maximum atomic E-state index is 12.3. The summed E-state index contributed by atoms with van der Waals surface area (Å²) in [6.45, 7) is 4.66. The van der Waals surface area contributed by atoms with Gasteiger partial charge >= 0.3 is 0 Å². The van der Waals surface area contributed by atoms with Crippen LogP contribution in [0, 0.1) is 6.92 Å². The zero-order valence-electron chi connectivity index (χ0n) is 15.0. The molecule has 2 rings (SSSR count). The van der Waals surface area contributed by atoms with Crippen molar-refractivity contribution < 1.29 is 19.0 Å². The van der Waals surface area contributed by atoms with Crippen LogP contribution in [-0.2, 0) is 4.79 Å². The summed E-state index contributed by atoms with van der Waals surface area (Å²) >= 11 is 0. The molecule has 2 aromatic carbocycles. The fourth-order valence-corrected chi connectivity index (χ4v) is 2.36. The standard InChI is InChI=1S/C20H25NO4/c1-4-17(25-16-9-7-8-15(2)14-16)20(22)21-12-13-24-19-11-6-5-10-18(19)23-3/h5-11,14,17H,4,12-13H2,1-3H3,(H,21,22)/t17-/m1/s1. The highest BCUT2D eigenvalue weighted by Crippen LogP contribution is 2.25. The van der Waals surface area contributed by atoms with Gasteiger partial charge in [-0.05, 0) is 43.2 Å². The molecule has 0 fully saturated rings. The maximum Gasteiger partial charge on any atom is 0.261 e. The molecule has 25 heavy (non-hydrogen) atoms. The van der Waals surface area contributed by atoms with Gasteiger partial charge in [0.2, 0.25) is 0 Å². The van der Waals surface area contributed by atoms with Crippen molar-refractivity contribution in [3.05, 3.63) is 54.1 Å². The lowest BCUT2D eigenvalue weighted by molar-refractivity contribution is -0.128. The van der Waals surface area contributed by atoms with Gasteiger partial charge in [0.1, 0.15) is 12.4 Å². The first-order valence-corrected chi connectivity index (χ1v) is 8.41. The SMILES string of the molecule is CC[C@@H](Oc1cccc(C)c1)C(=O)NCCOc1ccccc1OC. The van der Waals surface area contributed by atoms with Crippen molar-refractivity contribution >= 4 is 5.91 Å². The lowest BCUT2D eigenvalue weighted by Gasteiger charge is -2.18. The van der Waals surface area contributed by atoms with E-state index in [1.165, 1.54) is 0 Å². The number of hydrogen-bond acceptors (Lipinski definition) is 4. The molecule has 0 aliphatic rings. The number of rotatable bonds is 9. The predicted molar refractivity (Wildman–Crippen MR) is 97.4 cm³/mol. The highest BCUT2D eigenvalue weighted by Gasteiger charge is 2.18. The van der Waals surface area contributed by atoms with Crippen LogP contribution in [0.1, 0.15) is 18.9 Å². The average molecular weight is 343 g/mol. The molecule has 0 saturated carbocycles. The number of ether oxygens (including phenoxy) is 3. The van der Waals surface area contributed by atoms with Gasteiger partial charge < -0.3 is 19.5 Å². The van der Waals surface area contributed by atoms with Crippen LogP contribution in [-0.4, -0.2) is 32.3 Å². The van der Waals surface area contributed by atoms with Gasteiger partial charge in [-0.2, -0.15) is 0 Å². The van der Waals surface area contributed by atoms with Crippen molar-refractivity contribution in [2.45, 2.75) is 26.4 Å². The van der Waals surface area contributed by atoms with Crippen LogP contribution in [0.5, 0.6) is 17.2 Å². The second-order valence-corrected chi connectivity index (χ2v) is 5.62. The fourth-order valence-electron chi connectivity index (χ4n) is 2.36. The van der Waals surface area contributed by atoms with E-state index in [1.807, 2.05) is 62.4 Å². The molecule has 0 aliphatic heterocycles. The highest BCUT2D eigenvalue weighted by atomic mass is 16.5. The molecule has 0 aromatic heterocycles. The molecule has 0 unspecified atom stereocenters. The van der Waals surface area contributed by atoms with Gasteiger partial charge in [0.15, 0.2) is 17.6 Å². The first kappa shape index (κ1) is 18.6. The molecular weight excluding hydrogens is 318 g/mol. The minimum Gasteiger partial charge on any atom is -0.493 e. The summed E-state index contributed by atoms with van der Waals surface area (Å²) in [6.07, 6.45) is 0.0701. The monoisotopic (exact) mass is 343 g/mol. The number of hydrogen-bond donors (Lipinski definition) is 1. The largest absolute Gasteiger partial charge is 0.493 e. The molecule has 0 spiro atoms. The van der Waals surface area contributed by atoms with Crippen LogP contribution in [0.25, 0.3) is 0 Å². The number of methoxy groups -OCH3 is 1. The molecule has 5 heteroatoms. The van der Waals surface area contributed by atoms with Gasteiger partial charge in [0.25, 0.3) is 5.91 Å². The van der Waals surface area contributed by atoms with E-state index in [1.54, 1.807) is 7.11 Å². The Morgan fingerprint density at radius 3 is 2.56 bits per heavy atom. The summed E-state index contributed by atoms with van der Waals surface area (Å²) in [5, 5.41) is 2.85. The Hall–Kier alpha value is -2.69. The number of carbonyl (C=O) groups is 1. The van der Waals surface area contributed by atoms with E-state index in [4.69, 9.17) is 14.2 Å². The summed E-state index contributed by atoms with van der Waals surface area (Å²) in [4.78, 5) is 12.3. The van der Waals surface area contributed by atoms with Crippen LogP contribution in [0.15, 0.2) is 48.5 Å². The van der Waals surface area contributed by atoms with E-state index >= 15 is 0 Å². The fraction of sp³-hybridized carbons (Fsp3) is 0.350. The van der Waals surface area contributed by atoms with Gasteiger partial charge in [-0.3, -0.25) is 4.79 Å². The molecule has 1 N–H and O–H groups in total. The lowest BCUT2D eigenvalue weighted by Crippen LogP contribution is -2.39. The number of benzene rings is 2. The van der Waals surface area contributed by atoms with Crippen LogP contribution in [0.2, 0.25) is 0 Å². The van der Waals surface area contributed by atoms with E-state index in [9.17, 15) is 4.79 Å². The molecule has 0 bridgehead atoms. The Morgan fingerprint density at radius 1 is 1.12 bits per heavy atom. The van der Waals surface area contributed by atoms with Crippen LogP contribution < -0.4 is 19.5 Å². The molecule has 0 heterocycles. The third kappa shape index (κ3) is 5.71. The van der Waals surface area contributed by atoms with Gasteiger partial charge in [0, 0.05) is 0 Å². The molecule has 0 aliphatic carbocycles. The minimum atomic E-state index is -0.520. The Morgan fingerprint density at radius 2 is 1.88 bits per heavy atom. The maximum absolute atomic E-state index is 12.3. The molecule has 0 saturated heterocycles. The van der Waals surface area contributed by atoms with E-state index in [0.29, 0.717) is 36.8 Å². The first-order valence-electron chi connectivity index (χ1n) is 8.41. The first-order chi connectivity index (χ1) is 12.1. The van der Waals surface area contributed by atoms with Gasteiger partial charge in [-0.1, -0.05) is 31.2 Å². The molecule has 1 atom stereocenters. The lowest BCUT2D eigenvalue weighted by atomic mass is 10.2.